The van der Waals surface area contributed by atoms with Gasteiger partial charge in [-0.15, -0.1) is 0 Å². The molecule has 104 valence electrons. The van der Waals surface area contributed by atoms with Crippen LogP contribution in [0.5, 0.6) is 0 Å². The zero-order valence-electron chi connectivity index (χ0n) is 12.0. The normalized spacial score (nSPS) is 10.2. The minimum atomic E-state index is -0.158. The van der Waals surface area contributed by atoms with Crippen molar-refractivity contribution in [3.8, 4) is 0 Å². The van der Waals surface area contributed by atoms with Crippen LogP contribution >= 0.6 is 0 Å². The quantitative estimate of drug-likeness (QED) is 0.842. The van der Waals surface area contributed by atoms with Gasteiger partial charge in [0.05, 0.1) is 11.4 Å². The second kappa shape index (κ2) is 5.65. The number of nitrogens with zero attached hydrogens (tertiary/aromatic N) is 1. The molecular weight excluding hydrogens is 250 g/mol. The van der Waals surface area contributed by atoms with Crippen LogP contribution in [0.2, 0.25) is 0 Å². The zero-order valence-corrected chi connectivity index (χ0v) is 12.0. The highest BCUT2D eigenvalue weighted by Crippen LogP contribution is 2.23. The first-order valence-corrected chi connectivity index (χ1v) is 6.43. The molecule has 0 radical (unpaired) electrons. The third kappa shape index (κ3) is 2.91. The van der Waals surface area contributed by atoms with E-state index in [0.717, 1.165) is 11.3 Å². The number of para-hydroxylation sites is 1. The predicted octanol–water partition coefficient (Wildman–Crippen LogP) is 2.90. The summed E-state index contributed by atoms with van der Waals surface area (Å²) >= 11 is 0. The van der Waals surface area contributed by atoms with Gasteiger partial charge in [-0.05, 0) is 36.8 Å². The van der Waals surface area contributed by atoms with E-state index in [2.05, 4.69) is 5.32 Å². The predicted molar refractivity (Wildman–Crippen MR) is 84.3 cm³/mol. The summed E-state index contributed by atoms with van der Waals surface area (Å²) < 4.78 is 0. The lowest BCUT2D eigenvalue weighted by molar-refractivity contribution is 0.102. The number of benzene rings is 2. The minimum absolute atomic E-state index is 0.158. The molecule has 0 saturated carbocycles. The Kier molecular flexibility index (Phi) is 3.94. The monoisotopic (exact) mass is 269 g/mol. The van der Waals surface area contributed by atoms with E-state index in [-0.39, 0.29) is 5.91 Å². The van der Waals surface area contributed by atoms with Gasteiger partial charge in [-0.3, -0.25) is 4.79 Å². The van der Waals surface area contributed by atoms with Crippen LogP contribution in [0.3, 0.4) is 0 Å². The molecule has 0 spiro atoms. The van der Waals surface area contributed by atoms with E-state index in [0.29, 0.717) is 16.9 Å². The summed E-state index contributed by atoms with van der Waals surface area (Å²) in [6.45, 7) is 1.92. The largest absolute Gasteiger partial charge is 0.397 e. The molecule has 0 saturated heterocycles. The van der Waals surface area contributed by atoms with Crippen LogP contribution in [0.1, 0.15) is 15.9 Å². The summed E-state index contributed by atoms with van der Waals surface area (Å²) in [5.41, 5.74) is 9.69. The Morgan fingerprint density at radius 3 is 2.50 bits per heavy atom. The second-order valence-corrected chi connectivity index (χ2v) is 4.94. The number of hydrogen-bond acceptors (Lipinski definition) is 3. The molecule has 0 atom stereocenters. The second-order valence-electron chi connectivity index (χ2n) is 4.94. The average Bonchev–Trinajstić information content (AvgIpc) is 2.43. The van der Waals surface area contributed by atoms with Crippen LogP contribution < -0.4 is 16.0 Å². The van der Waals surface area contributed by atoms with Gasteiger partial charge in [-0.2, -0.15) is 0 Å². The first-order valence-electron chi connectivity index (χ1n) is 6.43. The van der Waals surface area contributed by atoms with Crippen LogP contribution in [0.4, 0.5) is 17.1 Å². The van der Waals surface area contributed by atoms with Gasteiger partial charge >= 0.3 is 0 Å². The number of amides is 1. The lowest BCUT2D eigenvalue weighted by Crippen LogP contribution is -2.15. The molecule has 0 unspecified atom stereocenters. The van der Waals surface area contributed by atoms with Gasteiger partial charge < -0.3 is 16.0 Å². The van der Waals surface area contributed by atoms with Gasteiger partial charge in [0.1, 0.15) is 0 Å². The first kappa shape index (κ1) is 13.9. The van der Waals surface area contributed by atoms with Crippen molar-refractivity contribution in [3.63, 3.8) is 0 Å². The first-order chi connectivity index (χ1) is 9.49. The van der Waals surface area contributed by atoms with Gasteiger partial charge in [0, 0.05) is 25.3 Å². The van der Waals surface area contributed by atoms with Crippen molar-refractivity contribution in [1.29, 1.82) is 0 Å². The number of carbonyl (C=O) groups is 1. The van der Waals surface area contributed by atoms with Gasteiger partial charge in [0.25, 0.3) is 5.91 Å². The summed E-state index contributed by atoms with van der Waals surface area (Å²) in [5.74, 6) is -0.158. The molecule has 0 aromatic heterocycles. The van der Waals surface area contributed by atoms with Crippen molar-refractivity contribution in [2.45, 2.75) is 6.92 Å². The Balaban J connectivity index is 2.26. The summed E-state index contributed by atoms with van der Waals surface area (Å²) in [6, 6.07) is 13.0. The highest BCUT2D eigenvalue weighted by atomic mass is 16.1. The number of hydrogen-bond donors (Lipinski definition) is 2. The molecule has 0 aliphatic heterocycles. The summed E-state index contributed by atoms with van der Waals surface area (Å²) in [7, 11) is 3.88. The molecule has 0 bridgehead atoms. The van der Waals surface area contributed by atoms with E-state index in [4.69, 9.17) is 5.73 Å². The van der Waals surface area contributed by atoms with Crippen LogP contribution in [0, 0.1) is 6.92 Å². The van der Waals surface area contributed by atoms with E-state index in [1.54, 1.807) is 12.1 Å². The third-order valence-corrected chi connectivity index (χ3v) is 3.17. The number of rotatable bonds is 3. The molecule has 2 aromatic rings. The van der Waals surface area contributed by atoms with Gasteiger partial charge in [0.15, 0.2) is 0 Å². The Bertz CT molecular complexity index is 615. The molecule has 3 N–H and O–H groups in total. The number of nitrogen functional groups attached to an aromatic ring is 1. The molecule has 2 aromatic carbocycles. The van der Waals surface area contributed by atoms with E-state index in [1.165, 1.54) is 0 Å². The fraction of sp³-hybridized carbons (Fsp3) is 0.188. The molecule has 0 heterocycles. The molecule has 20 heavy (non-hydrogen) atoms. The number of anilines is 3. The van der Waals surface area contributed by atoms with Crippen molar-refractivity contribution in [2.24, 2.45) is 0 Å². The highest BCUT2D eigenvalue weighted by molar-refractivity contribution is 6.06. The van der Waals surface area contributed by atoms with Crippen LogP contribution in [-0.2, 0) is 0 Å². The zero-order chi connectivity index (χ0) is 14.7. The van der Waals surface area contributed by atoms with E-state index >= 15 is 0 Å². The summed E-state index contributed by atoms with van der Waals surface area (Å²) in [6.07, 6.45) is 0. The molecule has 0 fully saturated rings. The maximum absolute atomic E-state index is 12.3. The lowest BCUT2D eigenvalue weighted by atomic mass is 10.1. The molecular formula is C16H19N3O. The van der Waals surface area contributed by atoms with Crippen LogP contribution in [-0.4, -0.2) is 20.0 Å². The summed E-state index contributed by atoms with van der Waals surface area (Å²) in [5, 5.41) is 2.88. The van der Waals surface area contributed by atoms with Crippen molar-refractivity contribution in [1.82, 2.24) is 0 Å². The maximum atomic E-state index is 12.3. The number of aryl methyl sites for hydroxylation is 1. The van der Waals surface area contributed by atoms with Crippen molar-refractivity contribution in [2.75, 3.05) is 30.0 Å². The highest BCUT2D eigenvalue weighted by Gasteiger charge is 2.10. The van der Waals surface area contributed by atoms with E-state index in [1.807, 2.05) is 56.3 Å². The fourth-order valence-corrected chi connectivity index (χ4v) is 1.97. The van der Waals surface area contributed by atoms with E-state index in [9.17, 15) is 4.79 Å². The fourth-order valence-electron chi connectivity index (χ4n) is 1.97. The Morgan fingerprint density at radius 1 is 1.15 bits per heavy atom. The van der Waals surface area contributed by atoms with Crippen molar-refractivity contribution < 1.29 is 4.79 Å². The molecule has 0 aliphatic carbocycles. The number of carbonyl (C=O) groups excluding carboxylic acids is 1. The molecule has 4 nitrogen and oxygen atoms in total. The smallest absolute Gasteiger partial charge is 0.255 e. The third-order valence-electron chi connectivity index (χ3n) is 3.17. The van der Waals surface area contributed by atoms with Crippen molar-refractivity contribution >= 4 is 23.0 Å². The molecule has 4 heteroatoms. The molecule has 2 rings (SSSR count). The van der Waals surface area contributed by atoms with Gasteiger partial charge in [0.2, 0.25) is 0 Å². The average molecular weight is 269 g/mol. The minimum Gasteiger partial charge on any atom is -0.397 e. The SMILES string of the molecule is Cc1cccc(N)c1NC(=O)c1cccc(N(C)C)c1. The molecule has 1 amide bonds. The topological polar surface area (TPSA) is 58.4 Å². The number of nitrogens with two attached hydrogens (primary N) is 1. The lowest BCUT2D eigenvalue weighted by Gasteiger charge is -2.14. The Hall–Kier alpha value is -2.49. The van der Waals surface area contributed by atoms with Crippen molar-refractivity contribution in [3.05, 3.63) is 53.6 Å². The van der Waals surface area contributed by atoms with E-state index < -0.39 is 0 Å². The molecule has 0 aliphatic rings. The van der Waals surface area contributed by atoms with Gasteiger partial charge in [-0.25, -0.2) is 0 Å². The van der Waals surface area contributed by atoms with Gasteiger partial charge in [-0.1, -0.05) is 18.2 Å². The number of nitrogens with one attached hydrogen (secondary N) is 1. The standard InChI is InChI=1S/C16H19N3O/c1-11-6-4-9-14(17)15(11)18-16(20)12-7-5-8-13(10-12)19(2)3/h4-10H,17H2,1-3H3,(H,18,20). The summed E-state index contributed by atoms with van der Waals surface area (Å²) in [4.78, 5) is 14.3. The van der Waals surface area contributed by atoms with Crippen LogP contribution in [0.25, 0.3) is 0 Å². The maximum Gasteiger partial charge on any atom is 0.255 e. The Labute approximate surface area is 119 Å². The Morgan fingerprint density at radius 2 is 1.85 bits per heavy atom. The van der Waals surface area contributed by atoms with Crippen LogP contribution in [0.15, 0.2) is 42.5 Å².